The molecule has 0 fully saturated rings. The Balaban J connectivity index is 0.997. The first-order valence-corrected chi connectivity index (χ1v) is 24.6. The summed E-state index contributed by atoms with van der Waals surface area (Å²) in [5.74, 6) is 3.11. The van der Waals surface area contributed by atoms with Crippen LogP contribution in [-0.4, -0.2) is 41.4 Å². The lowest BCUT2D eigenvalue weighted by molar-refractivity contribution is 0.414. The van der Waals surface area contributed by atoms with Gasteiger partial charge in [0, 0.05) is 49.6 Å². The van der Waals surface area contributed by atoms with Gasteiger partial charge in [-0.3, -0.25) is 4.55 Å². The zero-order chi connectivity index (χ0) is 48.4. The van der Waals surface area contributed by atoms with Crippen molar-refractivity contribution >= 4 is 73.1 Å². The zero-order valence-electron chi connectivity index (χ0n) is 38.7. The Morgan fingerprint density at radius 1 is 0.386 bits per heavy atom. The second kappa shape index (κ2) is 19.4. The monoisotopic (exact) mass is 961 g/mol. The average Bonchev–Trinajstić information content (AvgIpc) is 3.41. The van der Waals surface area contributed by atoms with Crippen molar-refractivity contribution in [2.24, 2.45) is 0 Å². The molecule has 0 aliphatic carbocycles. The van der Waals surface area contributed by atoms with E-state index in [0.29, 0.717) is 0 Å². The fourth-order valence-corrected chi connectivity index (χ4v) is 10.3. The normalized spacial score (nSPS) is 11.8. The van der Waals surface area contributed by atoms with Gasteiger partial charge >= 0.3 is 0 Å². The highest BCUT2D eigenvalue weighted by Crippen LogP contribution is 2.53. The van der Waals surface area contributed by atoms with Gasteiger partial charge in [0.15, 0.2) is 0 Å². The van der Waals surface area contributed by atoms with Crippen LogP contribution >= 0.6 is 11.8 Å². The predicted octanol–water partition coefficient (Wildman–Crippen LogP) is 15.2. The molecule has 0 aromatic heterocycles. The fourth-order valence-electron chi connectivity index (χ4n) is 8.64. The van der Waals surface area contributed by atoms with E-state index in [1.165, 1.54) is 12.1 Å². The Bertz CT molecular complexity index is 3100. The van der Waals surface area contributed by atoms with E-state index in [2.05, 4.69) is 99.6 Å². The van der Waals surface area contributed by atoms with Crippen molar-refractivity contribution in [3.63, 3.8) is 0 Å². The van der Waals surface area contributed by atoms with Crippen molar-refractivity contribution < 1.29 is 31.9 Å². The van der Waals surface area contributed by atoms with Gasteiger partial charge in [-0.25, -0.2) is 0 Å². The molecule has 0 saturated heterocycles. The molecule has 1 aliphatic rings. The minimum absolute atomic E-state index is 0.171. The molecule has 348 valence electrons. The van der Waals surface area contributed by atoms with Crippen LogP contribution in [0.4, 0.5) is 51.2 Å². The SMILES string of the molecule is COc1ccc(N(c2ccc(OC)cc2)c2ccc(-c3ccc4c(c3)Sc3cc(-c5ccc(N(c6ccc(OC)cc6)c6ccc(OC)cc6)cc5)ccc3N4c3ccc(S(=O)(=O)O)cc3)cc2)cc1. The third-order valence-corrected chi connectivity index (χ3v) is 14.2. The fraction of sp³-hybridized carbons (Fsp3) is 0.0690. The van der Waals surface area contributed by atoms with Gasteiger partial charge in [-0.1, -0.05) is 48.2 Å². The summed E-state index contributed by atoms with van der Waals surface area (Å²) in [7, 11) is 2.26. The maximum atomic E-state index is 12.1. The molecule has 9 aromatic carbocycles. The topological polar surface area (TPSA) is 101 Å². The predicted molar refractivity (Wildman–Crippen MR) is 282 cm³/mol. The number of fused-ring (bicyclic) bond motifs is 2. The molecule has 1 aliphatic heterocycles. The van der Waals surface area contributed by atoms with E-state index in [1.807, 2.05) is 97.1 Å². The van der Waals surface area contributed by atoms with Gasteiger partial charge < -0.3 is 33.6 Å². The van der Waals surface area contributed by atoms with Crippen LogP contribution in [0.25, 0.3) is 22.3 Å². The minimum atomic E-state index is -4.39. The first-order valence-electron chi connectivity index (χ1n) is 22.3. The molecule has 0 atom stereocenters. The summed E-state index contributed by atoms with van der Waals surface area (Å²) in [5, 5.41) is 0. The highest BCUT2D eigenvalue weighted by atomic mass is 32.2. The largest absolute Gasteiger partial charge is 0.497 e. The van der Waals surface area contributed by atoms with Crippen molar-refractivity contribution in [1.82, 2.24) is 0 Å². The molecule has 1 N–H and O–H groups in total. The van der Waals surface area contributed by atoms with Crippen molar-refractivity contribution in [1.29, 1.82) is 0 Å². The first-order chi connectivity index (χ1) is 34.1. The van der Waals surface area contributed by atoms with Gasteiger partial charge in [-0.05, 0) is 192 Å². The van der Waals surface area contributed by atoms with Crippen LogP contribution in [0.1, 0.15) is 0 Å². The quantitative estimate of drug-likeness (QED) is 0.105. The molecular formula is C58H47N3O7S2. The van der Waals surface area contributed by atoms with Gasteiger partial charge in [0.05, 0.1) is 44.7 Å². The van der Waals surface area contributed by atoms with Crippen molar-refractivity contribution in [3.05, 3.63) is 206 Å². The summed E-state index contributed by atoms with van der Waals surface area (Å²) >= 11 is 1.69. The summed E-state index contributed by atoms with van der Waals surface area (Å²) in [6.07, 6.45) is 0. The number of nitrogens with zero attached hydrogens (tertiary/aromatic N) is 3. The number of hydrogen-bond acceptors (Lipinski definition) is 10. The Morgan fingerprint density at radius 2 is 0.671 bits per heavy atom. The van der Waals surface area contributed by atoms with Crippen molar-refractivity contribution in [2.75, 3.05) is 43.1 Å². The molecule has 0 saturated carbocycles. The summed E-state index contributed by atoms with van der Waals surface area (Å²) in [6, 6.07) is 68.2. The number of rotatable bonds is 14. The molecule has 1 heterocycles. The lowest BCUT2D eigenvalue weighted by atomic mass is 10.0. The Kier molecular flexibility index (Phi) is 12.7. The molecule has 70 heavy (non-hydrogen) atoms. The second-order valence-corrected chi connectivity index (χ2v) is 18.8. The van der Waals surface area contributed by atoms with Crippen molar-refractivity contribution in [3.8, 4) is 45.3 Å². The standard InChI is InChI=1S/C58H47N3O7S2/c1-65-50-25-15-45(16-26-50)59(46-17-27-51(66-2)28-18-46)43-11-5-39(6-12-43)41-9-35-55-57(37-41)69-58-38-42(10-36-56(58)61(55)49-23-33-54(34-24-49)70(62,63)64)40-7-13-44(14-8-40)60(47-19-29-52(67-3)30-20-47)48-21-31-53(68-4)32-22-48/h5-38H,1-4H3,(H,62,63,64). The maximum Gasteiger partial charge on any atom is 0.294 e. The number of ether oxygens (including phenoxy) is 4. The van der Waals surface area contributed by atoms with Gasteiger partial charge in [-0.2, -0.15) is 8.42 Å². The highest BCUT2D eigenvalue weighted by molar-refractivity contribution is 7.99. The van der Waals surface area contributed by atoms with Crippen molar-refractivity contribution in [2.45, 2.75) is 14.7 Å². The molecule has 0 spiro atoms. The van der Waals surface area contributed by atoms with Gasteiger partial charge in [0.1, 0.15) is 23.0 Å². The molecule has 12 heteroatoms. The summed E-state index contributed by atoms with van der Waals surface area (Å²) in [5.41, 5.74) is 12.7. The molecular weight excluding hydrogens is 915 g/mol. The maximum absolute atomic E-state index is 12.1. The molecule has 10 rings (SSSR count). The van der Waals surface area contributed by atoms with Gasteiger partial charge in [0.25, 0.3) is 10.1 Å². The average molecular weight is 962 g/mol. The lowest BCUT2D eigenvalue weighted by Gasteiger charge is -2.33. The van der Waals surface area contributed by atoms with Crippen LogP contribution in [0.5, 0.6) is 23.0 Å². The molecule has 0 unspecified atom stereocenters. The smallest absolute Gasteiger partial charge is 0.294 e. The molecule has 9 aromatic rings. The minimum Gasteiger partial charge on any atom is -0.497 e. The molecule has 0 bridgehead atoms. The van der Waals surface area contributed by atoms with Crippen LogP contribution in [-0.2, 0) is 10.1 Å². The van der Waals surface area contributed by atoms with E-state index in [0.717, 1.165) is 106 Å². The van der Waals surface area contributed by atoms with E-state index >= 15 is 0 Å². The molecule has 0 radical (unpaired) electrons. The second-order valence-electron chi connectivity index (χ2n) is 16.3. The van der Waals surface area contributed by atoms with Gasteiger partial charge in [-0.15, -0.1) is 0 Å². The van der Waals surface area contributed by atoms with Crippen LogP contribution < -0.4 is 33.6 Å². The van der Waals surface area contributed by atoms with Crippen LogP contribution in [0.15, 0.2) is 221 Å². The van der Waals surface area contributed by atoms with Crippen LogP contribution in [0, 0.1) is 0 Å². The van der Waals surface area contributed by atoms with Crippen LogP contribution in [0.3, 0.4) is 0 Å². The number of methoxy groups -OCH3 is 4. The van der Waals surface area contributed by atoms with E-state index in [1.54, 1.807) is 52.3 Å². The third kappa shape index (κ3) is 9.23. The van der Waals surface area contributed by atoms with Gasteiger partial charge in [0.2, 0.25) is 0 Å². The zero-order valence-corrected chi connectivity index (χ0v) is 40.3. The highest BCUT2D eigenvalue weighted by Gasteiger charge is 2.27. The third-order valence-electron chi connectivity index (χ3n) is 12.3. The summed E-state index contributed by atoms with van der Waals surface area (Å²) < 4.78 is 55.8. The van der Waals surface area contributed by atoms with Crippen LogP contribution in [0.2, 0.25) is 0 Å². The number of hydrogen-bond donors (Lipinski definition) is 1. The molecule has 0 amide bonds. The number of anilines is 9. The summed E-state index contributed by atoms with van der Waals surface area (Å²) in [4.78, 5) is 8.39. The number of benzene rings is 9. The van der Waals surface area contributed by atoms with E-state index in [4.69, 9.17) is 18.9 Å². The Hall–Kier alpha value is -8.16. The van der Waals surface area contributed by atoms with E-state index < -0.39 is 10.1 Å². The first kappa shape index (κ1) is 45.6. The Labute approximate surface area is 412 Å². The molecule has 10 nitrogen and oxygen atoms in total. The Morgan fingerprint density at radius 3 is 0.957 bits per heavy atom. The van der Waals surface area contributed by atoms with E-state index in [9.17, 15) is 13.0 Å². The summed E-state index contributed by atoms with van der Waals surface area (Å²) in [6.45, 7) is 0. The van der Waals surface area contributed by atoms with E-state index in [-0.39, 0.29) is 4.90 Å². The lowest BCUT2D eigenvalue weighted by Crippen LogP contribution is -2.15.